The highest BCUT2D eigenvalue weighted by Gasteiger charge is 2.40. The van der Waals surface area contributed by atoms with E-state index in [4.69, 9.17) is 9.26 Å². The highest BCUT2D eigenvalue weighted by Crippen LogP contribution is 2.41. The molecule has 3 atom stereocenters. The van der Waals surface area contributed by atoms with Crippen LogP contribution in [0.4, 0.5) is 0 Å². The van der Waals surface area contributed by atoms with Crippen LogP contribution in [0.5, 0.6) is 0 Å². The molecule has 20 heavy (non-hydrogen) atoms. The Hall–Kier alpha value is -0.940. The number of methoxy groups -OCH3 is 1. The molecule has 1 N–H and O–H groups in total. The number of hydrogen-bond acceptors (Lipinski definition) is 5. The number of likely N-dealkylation sites (N-methyl/N-ethyl adjacent to an activating group) is 1. The number of ether oxygens (including phenoxy) is 1. The van der Waals surface area contributed by atoms with E-state index in [9.17, 15) is 0 Å². The molecular formula is C15H27N3O2. The molecule has 0 aliphatic heterocycles. The van der Waals surface area contributed by atoms with E-state index in [-0.39, 0.29) is 5.60 Å². The number of nitrogens with one attached hydrogen (secondary N) is 1. The molecule has 2 rings (SSSR count). The molecule has 1 aliphatic rings. The second-order valence-corrected chi connectivity index (χ2v) is 6.07. The maximum atomic E-state index is 5.80. The lowest BCUT2D eigenvalue weighted by molar-refractivity contribution is -0.0658. The van der Waals surface area contributed by atoms with Crippen molar-refractivity contribution in [3.8, 4) is 0 Å². The summed E-state index contributed by atoms with van der Waals surface area (Å²) in [6, 6.07) is 0.345. The molecule has 1 heterocycles. The highest BCUT2D eigenvalue weighted by molar-refractivity contribution is 5.04. The van der Waals surface area contributed by atoms with Gasteiger partial charge in [-0.15, -0.1) is 0 Å². The Morgan fingerprint density at radius 2 is 2.35 bits per heavy atom. The molecule has 1 aliphatic carbocycles. The molecule has 1 aromatic heterocycles. The smallest absolute Gasteiger partial charge is 0.228 e. The first-order valence-electron chi connectivity index (χ1n) is 7.71. The molecule has 0 amide bonds. The fourth-order valence-electron chi connectivity index (χ4n) is 3.19. The SMILES string of the molecule is CCNC(C)Cc1nc(C2(OC)CCCC(C)C2)no1. The molecule has 3 unspecified atom stereocenters. The van der Waals surface area contributed by atoms with E-state index < -0.39 is 0 Å². The first kappa shape index (κ1) is 15.4. The van der Waals surface area contributed by atoms with Crippen molar-refractivity contribution < 1.29 is 9.26 Å². The summed E-state index contributed by atoms with van der Waals surface area (Å²) in [5, 5.41) is 7.55. The zero-order valence-corrected chi connectivity index (χ0v) is 13.1. The Kier molecular flexibility index (Phi) is 5.16. The average Bonchev–Trinajstić information content (AvgIpc) is 2.88. The van der Waals surface area contributed by atoms with Gasteiger partial charge in [-0.3, -0.25) is 0 Å². The molecule has 0 spiro atoms. The van der Waals surface area contributed by atoms with Crippen molar-refractivity contribution in [3.63, 3.8) is 0 Å². The Labute approximate surface area is 121 Å². The molecule has 1 fully saturated rings. The standard InChI is InChI=1S/C15H27N3O2/c1-5-16-12(3)9-13-17-14(18-20-13)15(19-4)8-6-7-11(2)10-15/h11-12,16H,5-10H2,1-4H3. The summed E-state index contributed by atoms with van der Waals surface area (Å²) in [5.41, 5.74) is -0.346. The van der Waals surface area contributed by atoms with Crippen LogP contribution in [-0.4, -0.2) is 29.8 Å². The topological polar surface area (TPSA) is 60.2 Å². The zero-order chi connectivity index (χ0) is 14.6. The van der Waals surface area contributed by atoms with Crippen molar-refractivity contribution in [2.45, 2.75) is 64.5 Å². The summed E-state index contributed by atoms with van der Waals surface area (Å²) in [5.74, 6) is 2.07. The lowest BCUT2D eigenvalue weighted by atomic mass is 9.78. The normalized spacial score (nSPS) is 28.5. The van der Waals surface area contributed by atoms with Crippen molar-refractivity contribution in [2.24, 2.45) is 5.92 Å². The van der Waals surface area contributed by atoms with Gasteiger partial charge in [0.15, 0.2) is 0 Å². The number of nitrogens with zero attached hydrogens (tertiary/aromatic N) is 2. The van der Waals surface area contributed by atoms with Crippen LogP contribution in [0.25, 0.3) is 0 Å². The Morgan fingerprint density at radius 1 is 1.55 bits per heavy atom. The lowest BCUT2D eigenvalue weighted by Crippen LogP contribution is -2.35. The van der Waals surface area contributed by atoms with Crippen molar-refractivity contribution in [3.05, 3.63) is 11.7 Å². The number of aromatic nitrogens is 2. The molecule has 0 radical (unpaired) electrons. The summed E-state index contributed by atoms with van der Waals surface area (Å²) in [4.78, 5) is 4.59. The first-order chi connectivity index (χ1) is 9.59. The van der Waals surface area contributed by atoms with Gasteiger partial charge in [-0.2, -0.15) is 4.98 Å². The van der Waals surface area contributed by atoms with E-state index in [1.807, 2.05) is 0 Å². The highest BCUT2D eigenvalue weighted by atomic mass is 16.5. The van der Waals surface area contributed by atoms with E-state index in [0.717, 1.165) is 38.1 Å². The van der Waals surface area contributed by atoms with Crippen molar-refractivity contribution in [2.75, 3.05) is 13.7 Å². The fourth-order valence-corrected chi connectivity index (χ4v) is 3.19. The van der Waals surface area contributed by atoms with Gasteiger partial charge in [0.25, 0.3) is 0 Å². The van der Waals surface area contributed by atoms with Crippen LogP contribution in [0.15, 0.2) is 4.52 Å². The van der Waals surface area contributed by atoms with Gasteiger partial charge in [0.2, 0.25) is 11.7 Å². The van der Waals surface area contributed by atoms with Gasteiger partial charge in [-0.25, -0.2) is 0 Å². The number of rotatable bonds is 6. The van der Waals surface area contributed by atoms with E-state index in [1.165, 1.54) is 6.42 Å². The largest absolute Gasteiger partial charge is 0.370 e. The van der Waals surface area contributed by atoms with E-state index in [2.05, 4.69) is 36.2 Å². The summed E-state index contributed by atoms with van der Waals surface area (Å²) < 4.78 is 11.2. The molecule has 0 saturated heterocycles. The van der Waals surface area contributed by atoms with Crippen LogP contribution in [0.3, 0.4) is 0 Å². The third-order valence-corrected chi connectivity index (χ3v) is 4.26. The molecule has 0 aromatic carbocycles. The monoisotopic (exact) mass is 281 g/mol. The van der Waals surface area contributed by atoms with Crippen molar-refractivity contribution in [1.29, 1.82) is 0 Å². The van der Waals surface area contributed by atoms with E-state index >= 15 is 0 Å². The van der Waals surface area contributed by atoms with Gasteiger partial charge in [0.05, 0.1) is 0 Å². The molecule has 114 valence electrons. The van der Waals surface area contributed by atoms with Gasteiger partial charge in [0, 0.05) is 19.6 Å². The molecule has 5 nitrogen and oxygen atoms in total. The van der Waals surface area contributed by atoms with Crippen LogP contribution >= 0.6 is 0 Å². The van der Waals surface area contributed by atoms with Gasteiger partial charge >= 0.3 is 0 Å². The maximum Gasteiger partial charge on any atom is 0.228 e. The number of hydrogen-bond donors (Lipinski definition) is 1. The first-order valence-corrected chi connectivity index (χ1v) is 7.71. The second kappa shape index (κ2) is 6.68. The molecule has 5 heteroatoms. The summed E-state index contributed by atoms with van der Waals surface area (Å²) >= 11 is 0. The Morgan fingerprint density at radius 3 is 3.00 bits per heavy atom. The van der Waals surface area contributed by atoms with Gasteiger partial charge in [-0.1, -0.05) is 25.4 Å². The minimum absolute atomic E-state index is 0.345. The Balaban J connectivity index is 2.09. The molecule has 0 bridgehead atoms. The minimum Gasteiger partial charge on any atom is -0.370 e. The van der Waals surface area contributed by atoms with Gasteiger partial charge in [-0.05, 0) is 38.6 Å². The molecule has 1 aromatic rings. The predicted molar refractivity (Wildman–Crippen MR) is 77.5 cm³/mol. The summed E-state index contributed by atoms with van der Waals surface area (Å²) in [7, 11) is 1.76. The van der Waals surface area contributed by atoms with Crippen molar-refractivity contribution in [1.82, 2.24) is 15.5 Å². The van der Waals surface area contributed by atoms with Crippen LogP contribution < -0.4 is 5.32 Å². The van der Waals surface area contributed by atoms with Crippen LogP contribution in [-0.2, 0) is 16.8 Å². The summed E-state index contributed by atoms with van der Waals surface area (Å²) in [6.45, 7) is 7.43. The van der Waals surface area contributed by atoms with E-state index in [1.54, 1.807) is 7.11 Å². The summed E-state index contributed by atoms with van der Waals surface area (Å²) in [6.07, 6.45) is 5.14. The predicted octanol–water partition coefficient (Wildman–Crippen LogP) is 2.66. The third kappa shape index (κ3) is 3.38. The fraction of sp³-hybridized carbons (Fsp3) is 0.867. The Bertz CT molecular complexity index is 421. The van der Waals surface area contributed by atoms with Crippen molar-refractivity contribution >= 4 is 0 Å². The molecular weight excluding hydrogens is 254 g/mol. The maximum absolute atomic E-state index is 5.80. The molecule has 1 saturated carbocycles. The lowest BCUT2D eigenvalue weighted by Gasteiger charge is -2.36. The van der Waals surface area contributed by atoms with Gasteiger partial charge in [0.1, 0.15) is 5.60 Å². The third-order valence-electron chi connectivity index (χ3n) is 4.26. The quantitative estimate of drug-likeness (QED) is 0.868. The van der Waals surface area contributed by atoms with Crippen LogP contribution in [0, 0.1) is 5.92 Å². The van der Waals surface area contributed by atoms with E-state index in [0.29, 0.717) is 17.9 Å². The average molecular weight is 281 g/mol. The minimum atomic E-state index is -0.346. The van der Waals surface area contributed by atoms with Crippen LogP contribution in [0.1, 0.15) is 58.2 Å². The van der Waals surface area contributed by atoms with Gasteiger partial charge < -0.3 is 14.6 Å². The van der Waals surface area contributed by atoms with Crippen LogP contribution in [0.2, 0.25) is 0 Å². The zero-order valence-electron chi connectivity index (χ0n) is 13.1. The second-order valence-electron chi connectivity index (χ2n) is 6.07.